The molecule has 4 heteroatoms. The van der Waals surface area contributed by atoms with Crippen LogP contribution in [0.25, 0.3) is 0 Å². The number of hydrogen-bond acceptors (Lipinski definition) is 2. The number of hydrogen-bond donors (Lipinski definition) is 0. The molecule has 0 saturated heterocycles. The minimum atomic E-state index is -0.232. The highest BCUT2D eigenvalue weighted by Crippen LogP contribution is 2.04. The van der Waals surface area contributed by atoms with Gasteiger partial charge >= 0.3 is 5.97 Å². The smallest absolute Gasteiger partial charge is 0.338 e. The SMILES string of the molecule is CC[N+](C)(CC)CCOC(=O)c1ccccc1.[I-]. The Morgan fingerprint density at radius 1 is 1.17 bits per heavy atom. The Kier molecular flexibility index (Phi) is 8.18. The number of carbonyl (C=O) groups is 1. The largest absolute Gasteiger partial charge is 1.00 e. The Morgan fingerprint density at radius 2 is 1.72 bits per heavy atom. The van der Waals surface area contributed by atoms with Crippen molar-refractivity contribution in [3.63, 3.8) is 0 Å². The van der Waals surface area contributed by atoms with Crippen molar-refractivity contribution in [1.29, 1.82) is 0 Å². The van der Waals surface area contributed by atoms with Crippen LogP contribution in [0.2, 0.25) is 0 Å². The lowest BCUT2D eigenvalue weighted by Crippen LogP contribution is -3.00. The summed E-state index contributed by atoms with van der Waals surface area (Å²) in [5.74, 6) is -0.232. The maximum atomic E-state index is 11.7. The number of esters is 1. The summed E-state index contributed by atoms with van der Waals surface area (Å²) in [6.45, 7) is 7.77. The fourth-order valence-electron chi connectivity index (χ4n) is 1.56. The fraction of sp³-hybridized carbons (Fsp3) is 0.500. The van der Waals surface area contributed by atoms with E-state index in [9.17, 15) is 4.79 Å². The summed E-state index contributed by atoms with van der Waals surface area (Å²) in [6.07, 6.45) is 0. The Hall–Kier alpha value is -0.620. The Bertz CT molecular complexity index is 350. The van der Waals surface area contributed by atoms with E-state index in [1.165, 1.54) is 0 Å². The zero-order valence-electron chi connectivity index (χ0n) is 11.4. The van der Waals surface area contributed by atoms with E-state index in [0.29, 0.717) is 12.2 Å². The van der Waals surface area contributed by atoms with Gasteiger partial charge in [0, 0.05) is 0 Å². The van der Waals surface area contributed by atoms with E-state index in [2.05, 4.69) is 20.9 Å². The maximum absolute atomic E-state index is 11.7. The van der Waals surface area contributed by atoms with Gasteiger partial charge in [-0.3, -0.25) is 0 Å². The zero-order chi connectivity index (χ0) is 12.7. The van der Waals surface area contributed by atoms with Crippen molar-refractivity contribution < 1.29 is 38.0 Å². The van der Waals surface area contributed by atoms with Crippen molar-refractivity contribution in [1.82, 2.24) is 0 Å². The van der Waals surface area contributed by atoms with Crippen LogP contribution in [0.15, 0.2) is 30.3 Å². The Balaban J connectivity index is 0.00000289. The molecule has 1 rings (SSSR count). The van der Waals surface area contributed by atoms with Gasteiger partial charge in [0.05, 0.1) is 25.7 Å². The van der Waals surface area contributed by atoms with Gasteiger partial charge in [-0.25, -0.2) is 4.79 Å². The van der Waals surface area contributed by atoms with Gasteiger partial charge in [-0.2, -0.15) is 0 Å². The van der Waals surface area contributed by atoms with E-state index < -0.39 is 0 Å². The molecule has 0 saturated carbocycles. The van der Waals surface area contributed by atoms with Crippen LogP contribution in [0.5, 0.6) is 0 Å². The zero-order valence-corrected chi connectivity index (χ0v) is 13.5. The van der Waals surface area contributed by atoms with Crippen LogP contribution in [-0.4, -0.2) is 43.7 Å². The highest BCUT2D eigenvalue weighted by Gasteiger charge is 2.17. The molecule has 1 aromatic rings. The predicted octanol–water partition coefficient (Wildman–Crippen LogP) is -0.666. The lowest BCUT2D eigenvalue weighted by Gasteiger charge is -2.31. The molecule has 0 N–H and O–H groups in total. The summed E-state index contributed by atoms with van der Waals surface area (Å²) >= 11 is 0. The van der Waals surface area contributed by atoms with Crippen LogP contribution in [0, 0.1) is 0 Å². The Labute approximate surface area is 127 Å². The molecule has 0 heterocycles. The van der Waals surface area contributed by atoms with E-state index in [1.807, 2.05) is 18.2 Å². The van der Waals surface area contributed by atoms with E-state index in [-0.39, 0.29) is 29.9 Å². The van der Waals surface area contributed by atoms with Crippen molar-refractivity contribution in [3.05, 3.63) is 35.9 Å². The molecule has 0 fully saturated rings. The summed E-state index contributed by atoms with van der Waals surface area (Å²) in [5, 5.41) is 0. The van der Waals surface area contributed by atoms with Gasteiger partial charge in [0.15, 0.2) is 0 Å². The molecule has 0 amide bonds. The molecule has 0 unspecified atom stereocenters. The second-order valence-electron chi connectivity index (χ2n) is 4.48. The van der Waals surface area contributed by atoms with Gasteiger partial charge in [0.25, 0.3) is 0 Å². The van der Waals surface area contributed by atoms with E-state index in [0.717, 1.165) is 24.1 Å². The van der Waals surface area contributed by atoms with Crippen LogP contribution in [0.1, 0.15) is 24.2 Å². The molecule has 0 aliphatic rings. The lowest BCUT2D eigenvalue weighted by atomic mass is 10.2. The second kappa shape index (κ2) is 8.48. The summed E-state index contributed by atoms with van der Waals surface area (Å²) in [6, 6.07) is 9.12. The third-order valence-electron chi connectivity index (χ3n) is 3.40. The van der Waals surface area contributed by atoms with E-state index in [4.69, 9.17) is 4.74 Å². The van der Waals surface area contributed by atoms with Gasteiger partial charge in [-0.15, -0.1) is 0 Å². The minimum absolute atomic E-state index is 0. The number of quaternary nitrogens is 1. The monoisotopic (exact) mass is 363 g/mol. The predicted molar refractivity (Wildman–Crippen MR) is 68.9 cm³/mol. The molecule has 18 heavy (non-hydrogen) atoms. The van der Waals surface area contributed by atoms with Crippen molar-refractivity contribution in [2.45, 2.75) is 13.8 Å². The first-order valence-electron chi connectivity index (χ1n) is 6.17. The van der Waals surface area contributed by atoms with Gasteiger partial charge in [0.1, 0.15) is 13.2 Å². The molecule has 0 bridgehead atoms. The Morgan fingerprint density at radius 3 is 2.22 bits per heavy atom. The number of likely N-dealkylation sites (N-methyl/N-ethyl adjacent to an activating group) is 1. The van der Waals surface area contributed by atoms with Crippen LogP contribution < -0.4 is 24.0 Å². The van der Waals surface area contributed by atoms with Crippen molar-refractivity contribution in [2.24, 2.45) is 0 Å². The highest BCUT2D eigenvalue weighted by atomic mass is 127. The van der Waals surface area contributed by atoms with Crippen molar-refractivity contribution in [3.8, 4) is 0 Å². The van der Waals surface area contributed by atoms with Gasteiger partial charge in [-0.05, 0) is 26.0 Å². The van der Waals surface area contributed by atoms with Crippen molar-refractivity contribution >= 4 is 5.97 Å². The van der Waals surface area contributed by atoms with E-state index >= 15 is 0 Å². The molecule has 3 nitrogen and oxygen atoms in total. The molecule has 1 aromatic carbocycles. The first-order chi connectivity index (χ1) is 8.11. The molecule has 0 aliphatic heterocycles. The lowest BCUT2D eigenvalue weighted by molar-refractivity contribution is -0.906. The average molecular weight is 363 g/mol. The third kappa shape index (κ3) is 5.35. The molecule has 0 aliphatic carbocycles. The van der Waals surface area contributed by atoms with Crippen LogP contribution >= 0.6 is 0 Å². The number of carbonyl (C=O) groups excluding carboxylic acids is 1. The first-order valence-corrected chi connectivity index (χ1v) is 6.17. The van der Waals surface area contributed by atoms with Gasteiger partial charge in [-0.1, -0.05) is 18.2 Å². The summed E-state index contributed by atoms with van der Waals surface area (Å²) < 4.78 is 6.21. The van der Waals surface area contributed by atoms with Crippen LogP contribution in [0.4, 0.5) is 0 Å². The van der Waals surface area contributed by atoms with Gasteiger partial charge in [0.2, 0.25) is 0 Å². The van der Waals surface area contributed by atoms with Crippen LogP contribution in [-0.2, 0) is 4.74 Å². The second-order valence-corrected chi connectivity index (χ2v) is 4.48. The maximum Gasteiger partial charge on any atom is 0.338 e. The number of benzene rings is 1. The number of nitrogens with zero attached hydrogens (tertiary/aromatic N) is 1. The molecular formula is C14H22INO2. The molecule has 0 aromatic heterocycles. The molecule has 0 spiro atoms. The third-order valence-corrected chi connectivity index (χ3v) is 3.40. The van der Waals surface area contributed by atoms with Crippen LogP contribution in [0.3, 0.4) is 0 Å². The average Bonchev–Trinajstić information content (AvgIpc) is 2.39. The summed E-state index contributed by atoms with van der Waals surface area (Å²) in [5.41, 5.74) is 0.620. The molecule has 0 atom stereocenters. The van der Waals surface area contributed by atoms with E-state index in [1.54, 1.807) is 12.1 Å². The molecule has 0 radical (unpaired) electrons. The molecular weight excluding hydrogens is 341 g/mol. The normalized spacial score (nSPS) is 10.6. The highest BCUT2D eigenvalue weighted by molar-refractivity contribution is 5.89. The summed E-state index contributed by atoms with van der Waals surface area (Å²) in [7, 11) is 2.18. The standard InChI is InChI=1S/C14H22NO2.HI/c1-4-15(3,5-2)11-12-17-14(16)13-9-7-6-8-10-13;/h6-10H,4-5,11-12H2,1-3H3;1H/q+1;/p-1. The molecule has 102 valence electrons. The number of ether oxygens (including phenoxy) is 1. The number of rotatable bonds is 6. The quantitative estimate of drug-likeness (QED) is 0.381. The van der Waals surface area contributed by atoms with Gasteiger partial charge < -0.3 is 33.2 Å². The number of halogens is 1. The summed E-state index contributed by atoms with van der Waals surface area (Å²) in [4.78, 5) is 11.7. The topological polar surface area (TPSA) is 26.3 Å². The fourth-order valence-corrected chi connectivity index (χ4v) is 1.56. The minimum Gasteiger partial charge on any atom is -1.00 e. The van der Waals surface area contributed by atoms with Crippen molar-refractivity contribution in [2.75, 3.05) is 33.3 Å². The first kappa shape index (κ1) is 17.4.